The quantitative estimate of drug-likeness (QED) is 0.171. The molecule has 0 aliphatic heterocycles. The molecule has 0 unspecified atom stereocenters. The van der Waals surface area contributed by atoms with Crippen LogP contribution >= 0.6 is 11.3 Å². The van der Waals surface area contributed by atoms with Gasteiger partial charge in [0.1, 0.15) is 11.2 Å². The maximum absolute atomic E-state index is 6.86. The highest BCUT2D eigenvalue weighted by molar-refractivity contribution is 7.26. The first-order valence-electron chi connectivity index (χ1n) is 18.7. The second-order valence-electron chi connectivity index (χ2n) is 13.9. The molecule has 0 aliphatic rings. The second-order valence-corrected chi connectivity index (χ2v) is 15.0. The fourth-order valence-electron chi connectivity index (χ4n) is 7.93. The molecule has 0 N–H and O–H groups in total. The number of aromatic nitrogens is 3. The van der Waals surface area contributed by atoms with E-state index in [-0.39, 0.29) is 0 Å². The molecule has 0 amide bonds. The first-order valence-corrected chi connectivity index (χ1v) is 19.5. The molecule has 0 fully saturated rings. The third kappa shape index (κ3) is 5.40. The molecule has 56 heavy (non-hydrogen) atoms. The van der Waals surface area contributed by atoms with Crippen molar-refractivity contribution in [2.75, 3.05) is 0 Å². The van der Waals surface area contributed by atoms with Crippen molar-refractivity contribution in [2.24, 2.45) is 0 Å². The van der Waals surface area contributed by atoms with Gasteiger partial charge in [0.2, 0.25) is 0 Å². The highest BCUT2D eigenvalue weighted by atomic mass is 32.1. The van der Waals surface area contributed by atoms with E-state index in [1.807, 2.05) is 59.9 Å². The maximum Gasteiger partial charge on any atom is 0.164 e. The number of fused-ring (bicyclic) bond motifs is 6. The number of para-hydroxylation sites is 1. The van der Waals surface area contributed by atoms with Crippen molar-refractivity contribution in [3.8, 4) is 67.5 Å². The van der Waals surface area contributed by atoms with Gasteiger partial charge in [0, 0.05) is 58.8 Å². The average molecular weight is 734 g/mol. The predicted octanol–water partition coefficient (Wildman–Crippen LogP) is 14.1. The van der Waals surface area contributed by atoms with E-state index in [0.717, 1.165) is 55.3 Å². The molecular formula is C51H31N3OS. The van der Waals surface area contributed by atoms with Gasteiger partial charge in [0.25, 0.3) is 0 Å². The number of nitrogens with zero attached hydrogens (tertiary/aromatic N) is 3. The van der Waals surface area contributed by atoms with E-state index in [1.54, 1.807) is 0 Å². The Labute approximate surface area is 327 Å². The summed E-state index contributed by atoms with van der Waals surface area (Å²) in [5.74, 6) is 1.83. The topological polar surface area (TPSA) is 51.8 Å². The number of benzene rings is 8. The third-order valence-electron chi connectivity index (χ3n) is 10.6. The van der Waals surface area contributed by atoms with Gasteiger partial charge in [-0.2, -0.15) is 0 Å². The van der Waals surface area contributed by atoms with Crippen molar-refractivity contribution in [3.05, 3.63) is 188 Å². The summed E-state index contributed by atoms with van der Waals surface area (Å²) >= 11 is 1.84. The van der Waals surface area contributed by atoms with Crippen molar-refractivity contribution < 1.29 is 4.42 Å². The molecule has 3 aromatic heterocycles. The van der Waals surface area contributed by atoms with Crippen LogP contribution in [0.2, 0.25) is 0 Å². The molecule has 0 atom stereocenters. The monoisotopic (exact) mass is 733 g/mol. The summed E-state index contributed by atoms with van der Waals surface area (Å²) in [5, 5.41) is 4.53. The summed E-state index contributed by atoms with van der Waals surface area (Å²) in [4.78, 5) is 15.3. The lowest BCUT2D eigenvalue weighted by molar-refractivity contribution is 0.670. The van der Waals surface area contributed by atoms with Crippen LogP contribution in [0.4, 0.5) is 0 Å². The van der Waals surface area contributed by atoms with Crippen molar-refractivity contribution in [3.63, 3.8) is 0 Å². The zero-order valence-corrected chi connectivity index (χ0v) is 30.9. The van der Waals surface area contributed by atoms with Crippen LogP contribution < -0.4 is 0 Å². The molecule has 11 rings (SSSR count). The average Bonchev–Trinajstić information content (AvgIpc) is 3.87. The summed E-state index contributed by atoms with van der Waals surface area (Å²) in [6, 6.07) is 65.5. The molecule has 262 valence electrons. The highest BCUT2D eigenvalue weighted by Gasteiger charge is 2.22. The summed E-state index contributed by atoms with van der Waals surface area (Å²) in [6.45, 7) is 0. The van der Waals surface area contributed by atoms with Crippen LogP contribution in [0.5, 0.6) is 0 Å². The van der Waals surface area contributed by atoms with Crippen molar-refractivity contribution in [2.45, 2.75) is 0 Å². The van der Waals surface area contributed by atoms with Crippen LogP contribution in [-0.2, 0) is 0 Å². The van der Waals surface area contributed by atoms with E-state index in [4.69, 9.17) is 19.4 Å². The van der Waals surface area contributed by atoms with Gasteiger partial charge in [0.15, 0.2) is 17.5 Å². The lowest BCUT2D eigenvalue weighted by Gasteiger charge is -2.10. The number of hydrogen-bond acceptors (Lipinski definition) is 5. The van der Waals surface area contributed by atoms with Gasteiger partial charge in [0.05, 0.1) is 0 Å². The number of furan rings is 1. The van der Waals surface area contributed by atoms with Crippen LogP contribution in [0.15, 0.2) is 192 Å². The Hall–Kier alpha value is -7.21. The van der Waals surface area contributed by atoms with Gasteiger partial charge in [-0.25, -0.2) is 15.0 Å². The van der Waals surface area contributed by atoms with Crippen LogP contribution in [0.25, 0.3) is 110 Å². The van der Waals surface area contributed by atoms with Gasteiger partial charge >= 0.3 is 0 Å². The van der Waals surface area contributed by atoms with Crippen molar-refractivity contribution in [1.82, 2.24) is 15.0 Å². The standard InChI is InChI=1S/C51H31N3OS/c1-4-14-32(15-5-1)33-26-28-36(29-27-33)50-52-49(35-18-8-3-9-19-35)53-51(54-50)42-23-13-24-43-45(42)41-22-12-21-38(47(41)55-43)39-31-30-37(34-16-6-2-7-17-34)46-40-20-10-11-25-44(40)56-48(39)46/h1-31H. The van der Waals surface area contributed by atoms with E-state index in [2.05, 4.69) is 140 Å². The minimum Gasteiger partial charge on any atom is -0.455 e. The molecule has 5 heteroatoms. The molecular weight excluding hydrogens is 703 g/mol. The fourth-order valence-corrected chi connectivity index (χ4v) is 9.19. The molecule has 0 saturated heterocycles. The SMILES string of the molecule is c1ccc(-c2ccc(-c3nc(-c4ccccc4)nc(-c4cccc5oc6c(-c7ccc(-c8ccccc8)c8c7sc7ccccc78)cccc6c45)n3)cc2)cc1. The molecule has 0 saturated carbocycles. The Morgan fingerprint density at radius 2 is 0.875 bits per heavy atom. The Morgan fingerprint density at radius 1 is 0.339 bits per heavy atom. The Bertz CT molecular complexity index is 3230. The van der Waals surface area contributed by atoms with E-state index in [0.29, 0.717) is 17.5 Å². The van der Waals surface area contributed by atoms with Crippen LogP contribution in [-0.4, -0.2) is 15.0 Å². The number of thiophene rings is 1. The van der Waals surface area contributed by atoms with Gasteiger partial charge in [-0.05, 0) is 34.4 Å². The van der Waals surface area contributed by atoms with Gasteiger partial charge < -0.3 is 4.42 Å². The summed E-state index contributed by atoms with van der Waals surface area (Å²) in [5.41, 5.74) is 11.3. The Morgan fingerprint density at radius 3 is 1.62 bits per heavy atom. The minimum atomic E-state index is 0.596. The van der Waals surface area contributed by atoms with Gasteiger partial charge in [-0.3, -0.25) is 0 Å². The molecule has 0 aliphatic carbocycles. The van der Waals surface area contributed by atoms with Crippen LogP contribution in [0, 0.1) is 0 Å². The highest BCUT2D eigenvalue weighted by Crippen LogP contribution is 2.47. The zero-order chi connectivity index (χ0) is 37.0. The van der Waals surface area contributed by atoms with Crippen LogP contribution in [0.1, 0.15) is 0 Å². The first-order chi connectivity index (χ1) is 27.8. The summed E-state index contributed by atoms with van der Waals surface area (Å²) in [6.07, 6.45) is 0. The van der Waals surface area contributed by atoms with Crippen molar-refractivity contribution in [1.29, 1.82) is 0 Å². The lowest BCUT2D eigenvalue weighted by Crippen LogP contribution is -2.00. The normalized spacial score (nSPS) is 11.6. The van der Waals surface area contributed by atoms with E-state index < -0.39 is 0 Å². The molecule has 3 heterocycles. The van der Waals surface area contributed by atoms with Gasteiger partial charge in [-0.1, -0.05) is 176 Å². The smallest absolute Gasteiger partial charge is 0.164 e. The molecule has 0 bridgehead atoms. The predicted molar refractivity (Wildman–Crippen MR) is 233 cm³/mol. The molecule has 4 nitrogen and oxygen atoms in total. The van der Waals surface area contributed by atoms with E-state index >= 15 is 0 Å². The number of rotatable bonds is 6. The van der Waals surface area contributed by atoms with Crippen molar-refractivity contribution >= 4 is 53.4 Å². The largest absolute Gasteiger partial charge is 0.455 e. The summed E-state index contributed by atoms with van der Waals surface area (Å²) in [7, 11) is 0. The van der Waals surface area contributed by atoms with E-state index in [1.165, 1.54) is 36.9 Å². The van der Waals surface area contributed by atoms with Crippen LogP contribution in [0.3, 0.4) is 0 Å². The maximum atomic E-state index is 6.86. The third-order valence-corrected chi connectivity index (χ3v) is 11.8. The first kappa shape index (κ1) is 32.2. The zero-order valence-electron chi connectivity index (χ0n) is 30.1. The Balaban J connectivity index is 1.10. The minimum absolute atomic E-state index is 0.596. The lowest BCUT2D eigenvalue weighted by atomic mass is 9.94. The second kappa shape index (κ2) is 13.3. The van der Waals surface area contributed by atoms with Gasteiger partial charge in [-0.15, -0.1) is 11.3 Å². The fraction of sp³-hybridized carbons (Fsp3) is 0. The molecule has 11 aromatic rings. The Kier molecular flexibility index (Phi) is 7.64. The molecule has 0 radical (unpaired) electrons. The van der Waals surface area contributed by atoms with E-state index in [9.17, 15) is 0 Å². The number of hydrogen-bond donors (Lipinski definition) is 0. The summed E-state index contributed by atoms with van der Waals surface area (Å²) < 4.78 is 9.37. The molecule has 0 spiro atoms. The molecule has 8 aromatic carbocycles.